The molecule has 1 atom stereocenters. The zero-order valence-electron chi connectivity index (χ0n) is 8.57. The van der Waals surface area contributed by atoms with Crippen LogP contribution in [0.3, 0.4) is 0 Å². The van der Waals surface area contributed by atoms with E-state index in [1.807, 2.05) is 0 Å². The number of anilines is 1. The van der Waals surface area contributed by atoms with Crippen LogP contribution in [0.1, 0.15) is 19.3 Å². The zero-order chi connectivity index (χ0) is 10.5. The van der Waals surface area contributed by atoms with Crippen LogP contribution in [-0.2, 0) is 4.79 Å². The third kappa shape index (κ3) is 2.76. The molecule has 0 bridgehead atoms. The van der Waals surface area contributed by atoms with Crippen LogP contribution in [0.5, 0.6) is 0 Å². The molecule has 4 nitrogen and oxygen atoms in total. The van der Waals surface area contributed by atoms with E-state index in [2.05, 4.69) is 15.6 Å². The third-order valence-corrected chi connectivity index (χ3v) is 2.57. The van der Waals surface area contributed by atoms with Gasteiger partial charge in [0.05, 0.1) is 6.04 Å². The molecule has 0 aliphatic carbocycles. The second-order valence-electron chi connectivity index (χ2n) is 3.73. The zero-order valence-corrected chi connectivity index (χ0v) is 8.57. The van der Waals surface area contributed by atoms with Gasteiger partial charge in [-0.2, -0.15) is 0 Å². The number of piperidine rings is 1. The fourth-order valence-corrected chi connectivity index (χ4v) is 1.74. The maximum absolute atomic E-state index is 11.8. The topological polar surface area (TPSA) is 54.0 Å². The van der Waals surface area contributed by atoms with Crippen molar-refractivity contribution in [1.82, 2.24) is 10.3 Å². The molecule has 1 fully saturated rings. The molecular formula is C11H15N3O. The molecule has 1 aliphatic rings. The Morgan fingerprint density at radius 3 is 2.87 bits per heavy atom. The normalized spacial score (nSPS) is 20.9. The maximum Gasteiger partial charge on any atom is 0.241 e. The average molecular weight is 205 g/mol. The van der Waals surface area contributed by atoms with Crippen molar-refractivity contribution in [1.29, 1.82) is 0 Å². The van der Waals surface area contributed by atoms with Crippen molar-refractivity contribution in [2.24, 2.45) is 0 Å². The Hall–Kier alpha value is -1.42. The lowest BCUT2D eigenvalue weighted by atomic mass is 10.0. The summed E-state index contributed by atoms with van der Waals surface area (Å²) in [5.41, 5.74) is 0.808. The van der Waals surface area contributed by atoms with Crippen LogP contribution in [0.15, 0.2) is 24.5 Å². The molecule has 1 unspecified atom stereocenters. The molecule has 1 aromatic rings. The number of hydrogen-bond acceptors (Lipinski definition) is 3. The van der Waals surface area contributed by atoms with E-state index in [0.29, 0.717) is 0 Å². The Labute approximate surface area is 89.1 Å². The van der Waals surface area contributed by atoms with Gasteiger partial charge < -0.3 is 10.6 Å². The largest absolute Gasteiger partial charge is 0.325 e. The van der Waals surface area contributed by atoms with Gasteiger partial charge in [0, 0.05) is 18.1 Å². The van der Waals surface area contributed by atoms with Crippen LogP contribution < -0.4 is 10.6 Å². The van der Waals surface area contributed by atoms with Crippen molar-refractivity contribution in [2.45, 2.75) is 25.3 Å². The monoisotopic (exact) mass is 205 g/mol. The van der Waals surface area contributed by atoms with E-state index >= 15 is 0 Å². The second kappa shape index (κ2) is 4.89. The van der Waals surface area contributed by atoms with Crippen molar-refractivity contribution in [3.05, 3.63) is 24.5 Å². The van der Waals surface area contributed by atoms with Crippen molar-refractivity contribution in [2.75, 3.05) is 11.9 Å². The summed E-state index contributed by atoms with van der Waals surface area (Å²) >= 11 is 0. The smallest absolute Gasteiger partial charge is 0.241 e. The molecule has 0 saturated carbocycles. The van der Waals surface area contributed by atoms with Crippen LogP contribution in [0.2, 0.25) is 0 Å². The highest BCUT2D eigenvalue weighted by Gasteiger charge is 2.20. The van der Waals surface area contributed by atoms with Gasteiger partial charge in [-0.15, -0.1) is 0 Å². The molecule has 2 rings (SSSR count). The molecule has 0 spiro atoms. The van der Waals surface area contributed by atoms with E-state index in [1.54, 1.807) is 24.5 Å². The SMILES string of the molecule is O=C(Nc1ccncc1)C1CCCCN1. The molecule has 1 aliphatic heterocycles. The van der Waals surface area contributed by atoms with Crippen molar-refractivity contribution < 1.29 is 4.79 Å². The van der Waals surface area contributed by atoms with Crippen molar-refractivity contribution >= 4 is 11.6 Å². The number of aromatic nitrogens is 1. The Morgan fingerprint density at radius 2 is 2.20 bits per heavy atom. The van der Waals surface area contributed by atoms with E-state index in [4.69, 9.17) is 0 Å². The molecule has 1 saturated heterocycles. The lowest BCUT2D eigenvalue weighted by molar-refractivity contribution is -0.118. The predicted molar refractivity (Wildman–Crippen MR) is 58.5 cm³/mol. The van der Waals surface area contributed by atoms with E-state index in [-0.39, 0.29) is 11.9 Å². The Morgan fingerprint density at radius 1 is 1.40 bits per heavy atom. The lowest BCUT2D eigenvalue weighted by Gasteiger charge is -2.22. The summed E-state index contributed by atoms with van der Waals surface area (Å²) in [6.45, 7) is 0.939. The maximum atomic E-state index is 11.8. The predicted octanol–water partition coefficient (Wildman–Crippen LogP) is 1.16. The van der Waals surface area contributed by atoms with Gasteiger partial charge in [0.2, 0.25) is 5.91 Å². The van der Waals surface area contributed by atoms with Crippen LogP contribution >= 0.6 is 0 Å². The van der Waals surface area contributed by atoms with Gasteiger partial charge in [-0.3, -0.25) is 9.78 Å². The number of nitrogens with one attached hydrogen (secondary N) is 2. The third-order valence-electron chi connectivity index (χ3n) is 2.57. The summed E-state index contributed by atoms with van der Waals surface area (Å²) in [6.07, 6.45) is 6.56. The molecule has 0 radical (unpaired) electrons. The minimum Gasteiger partial charge on any atom is -0.325 e. The number of nitrogens with zero attached hydrogens (tertiary/aromatic N) is 1. The lowest BCUT2D eigenvalue weighted by Crippen LogP contribution is -2.43. The molecule has 15 heavy (non-hydrogen) atoms. The highest BCUT2D eigenvalue weighted by atomic mass is 16.2. The summed E-state index contributed by atoms with van der Waals surface area (Å²) in [5.74, 6) is 0.0564. The van der Waals surface area contributed by atoms with Gasteiger partial charge in [-0.1, -0.05) is 6.42 Å². The molecule has 80 valence electrons. The highest BCUT2D eigenvalue weighted by Crippen LogP contribution is 2.10. The first-order chi connectivity index (χ1) is 7.36. The summed E-state index contributed by atoms with van der Waals surface area (Å²) in [6, 6.07) is 3.55. The van der Waals surface area contributed by atoms with Gasteiger partial charge in [-0.25, -0.2) is 0 Å². The van der Waals surface area contributed by atoms with Gasteiger partial charge in [0.15, 0.2) is 0 Å². The standard InChI is InChI=1S/C11H15N3O/c15-11(10-3-1-2-6-13-10)14-9-4-7-12-8-5-9/h4-5,7-8,10,13H,1-3,6H2,(H,12,14,15). The van der Waals surface area contributed by atoms with Crippen LogP contribution in [-0.4, -0.2) is 23.5 Å². The molecule has 2 N–H and O–H groups in total. The molecule has 1 aromatic heterocycles. The van der Waals surface area contributed by atoms with E-state index in [9.17, 15) is 4.79 Å². The first kappa shape index (κ1) is 10.1. The van der Waals surface area contributed by atoms with Crippen LogP contribution in [0.4, 0.5) is 5.69 Å². The first-order valence-electron chi connectivity index (χ1n) is 5.30. The minimum absolute atomic E-state index is 0.0353. The quantitative estimate of drug-likeness (QED) is 0.761. The average Bonchev–Trinajstić information content (AvgIpc) is 2.31. The van der Waals surface area contributed by atoms with Crippen molar-refractivity contribution in [3.8, 4) is 0 Å². The van der Waals surface area contributed by atoms with Gasteiger partial charge in [-0.05, 0) is 31.5 Å². The summed E-state index contributed by atoms with van der Waals surface area (Å²) in [4.78, 5) is 15.7. The van der Waals surface area contributed by atoms with Gasteiger partial charge in [0.1, 0.15) is 0 Å². The fraction of sp³-hybridized carbons (Fsp3) is 0.455. The molecular weight excluding hydrogens is 190 g/mol. The number of carbonyl (C=O) groups is 1. The van der Waals surface area contributed by atoms with E-state index < -0.39 is 0 Å². The van der Waals surface area contributed by atoms with Gasteiger partial charge in [0.25, 0.3) is 0 Å². The Kier molecular flexibility index (Phi) is 3.29. The van der Waals surface area contributed by atoms with Crippen LogP contribution in [0, 0.1) is 0 Å². The Balaban J connectivity index is 1.91. The van der Waals surface area contributed by atoms with E-state index in [0.717, 1.165) is 25.1 Å². The molecule has 2 heterocycles. The molecule has 1 amide bonds. The summed E-state index contributed by atoms with van der Waals surface area (Å²) in [7, 11) is 0. The number of carbonyl (C=O) groups excluding carboxylic acids is 1. The van der Waals surface area contributed by atoms with Crippen LogP contribution in [0.25, 0.3) is 0 Å². The minimum atomic E-state index is -0.0353. The fourth-order valence-electron chi connectivity index (χ4n) is 1.74. The number of pyridine rings is 1. The van der Waals surface area contributed by atoms with Gasteiger partial charge >= 0.3 is 0 Å². The Bertz CT molecular complexity index is 320. The highest BCUT2D eigenvalue weighted by molar-refractivity contribution is 5.94. The molecule has 0 aromatic carbocycles. The number of rotatable bonds is 2. The first-order valence-corrected chi connectivity index (χ1v) is 5.30. The van der Waals surface area contributed by atoms with Crippen molar-refractivity contribution in [3.63, 3.8) is 0 Å². The number of hydrogen-bond donors (Lipinski definition) is 2. The second-order valence-corrected chi connectivity index (χ2v) is 3.73. The van der Waals surface area contributed by atoms with E-state index in [1.165, 1.54) is 6.42 Å². The summed E-state index contributed by atoms with van der Waals surface area (Å²) < 4.78 is 0. The molecule has 4 heteroatoms. The summed E-state index contributed by atoms with van der Waals surface area (Å²) in [5, 5.41) is 6.08. The number of amides is 1.